The molecule has 1 saturated heterocycles. The Hall–Kier alpha value is -2.21. The third kappa shape index (κ3) is 4.49. The maximum atomic E-state index is 12.4. The zero-order valence-corrected chi connectivity index (χ0v) is 15.6. The highest BCUT2D eigenvalue weighted by molar-refractivity contribution is 5.77. The van der Waals surface area contributed by atoms with Crippen LogP contribution in [-0.2, 0) is 11.3 Å². The van der Waals surface area contributed by atoms with Gasteiger partial charge in [0.15, 0.2) is 0 Å². The molecule has 1 aliphatic rings. The van der Waals surface area contributed by atoms with Crippen molar-refractivity contribution >= 4 is 16.8 Å². The molecule has 2 aromatic rings. The van der Waals surface area contributed by atoms with Gasteiger partial charge in [-0.2, -0.15) is 0 Å². The van der Waals surface area contributed by atoms with Crippen molar-refractivity contribution in [2.75, 3.05) is 19.6 Å². The van der Waals surface area contributed by atoms with Gasteiger partial charge < -0.3 is 5.32 Å². The van der Waals surface area contributed by atoms with E-state index >= 15 is 0 Å². The number of hydrogen-bond acceptors (Lipinski definition) is 4. The molecule has 140 valence electrons. The number of carbonyl (C=O) groups excluding carboxylic acids is 1. The third-order valence-electron chi connectivity index (χ3n) is 5.35. The van der Waals surface area contributed by atoms with Gasteiger partial charge in [-0.05, 0) is 50.9 Å². The number of carbonyl (C=O) groups is 1. The monoisotopic (exact) mass is 356 g/mol. The van der Waals surface area contributed by atoms with Crippen LogP contribution in [0.5, 0.6) is 0 Å². The van der Waals surface area contributed by atoms with Crippen LogP contribution >= 0.6 is 0 Å². The number of para-hydroxylation sites is 1. The average molecular weight is 356 g/mol. The van der Waals surface area contributed by atoms with Crippen LogP contribution in [0.25, 0.3) is 10.9 Å². The SMILES string of the molecule is CC1CCN([C@@H](C)CNC(=O)CCn2cnc3ccccc3c2=O)CC1. The molecule has 0 bridgehead atoms. The summed E-state index contributed by atoms with van der Waals surface area (Å²) in [5.41, 5.74) is 0.585. The fourth-order valence-corrected chi connectivity index (χ4v) is 3.44. The second kappa shape index (κ2) is 8.45. The van der Waals surface area contributed by atoms with Crippen molar-refractivity contribution in [3.05, 3.63) is 40.9 Å². The molecule has 0 aliphatic carbocycles. The maximum Gasteiger partial charge on any atom is 0.261 e. The number of benzene rings is 1. The highest BCUT2D eigenvalue weighted by atomic mass is 16.1. The lowest BCUT2D eigenvalue weighted by Crippen LogP contribution is -2.45. The third-order valence-corrected chi connectivity index (χ3v) is 5.35. The number of hydrogen-bond donors (Lipinski definition) is 1. The van der Waals surface area contributed by atoms with E-state index in [0.29, 0.717) is 30.0 Å². The largest absolute Gasteiger partial charge is 0.354 e. The van der Waals surface area contributed by atoms with E-state index in [1.165, 1.54) is 23.7 Å². The Labute approximate surface area is 154 Å². The molecule has 0 radical (unpaired) electrons. The van der Waals surface area contributed by atoms with E-state index in [2.05, 4.69) is 29.0 Å². The number of nitrogens with zero attached hydrogens (tertiary/aromatic N) is 3. The van der Waals surface area contributed by atoms with E-state index in [-0.39, 0.29) is 17.9 Å². The molecule has 2 heterocycles. The van der Waals surface area contributed by atoms with Gasteiger partial charge in [-0.15, -0.1) is 0 Å². The molecule has 6 heteroatoms. The van der Waals surface area contributed by atoms with Crippen LogP contribution in [0.4, 0.5) is 0 Å². The molecule has 0 unspecified atom stereocenters. The van der Waals surface area contributed by atoms with E-state index in [0.717, 1.165) is 19.0 Å². The molecule has 3 rings (SSSR count). The quantitative estimate of drug-likeness (QED) is 0.860. The minimum absolute atomic E-state index is 0.0257. The van der Waals surface area contributed by atoms with Crippen molar-refractivity contribution in [2.45, 2.75) is 45.7 Å². The second-order valence-corrected chi connectivity index (χ2v) is 7.38. The normalized spacial score (nSPS) is 17.3. The summed E-state index contributed by atoms with van der Waals surface area (Å²) < 4.78 is 1.51. The highest BCUT2D eigenvalue weighted by Crippen LogP contribution is 2.17. The fourth-order valence-electron chi connectivity index (χ4n) is 3.44. The number of aryl methyl sites for hydroxylation is 1. The molecule has 0 spiro atoms. The lowest BCUT2D eigenvalue weighted by atomic mass is 9.98. The molecule has 1 amide bonds. The van der Waals surface area contributed by atoms with Crippen molar-refractivity contribution < 1.29 is 4.79 Å². The molecule has 1 aliphatic heterocycles. The molecule has 1 aromatic heterocycles. The number of rotatable bonds is 6. The first-order chi connectivity index (χ1) is 12.5. The Bertz CT molecular complexity index is 809. The minimum Gasteiger partial charge on any atom is -0.354 e. The minimum atomic E-state index is -0.0980. The van der Waals surface area contributed by atoms with Crippen LogP contribution in [0.1, 0.15) is 33.1 Å². The summed E-state index contributed by atoms with van der Waals surface area (Å²) in [6, 6.07) is 7.61. The summed E-state index contributed by atoms with van der Waals surface area (Å²) in [6.45, 7) is 7.67. The Morgan fingerprint density at radius 2 is 2.04 bits per heavy atom. The molecule has 6 nitrogen and oxygen atoms in total. The van der Waals surface area contributed by atoms with Crippen molar-refractivity contribution in [2.24, 2.45) is 5.92 Å². The zero-order chi connectivity index (χ0) is 18.5. The van der Waals surface area contributed by atoms with E-state index in [1.807, 2.05) is 18.2 Å². The van der Waals surface area contributed by atoms with Crippen molar-refractivity contribution in [1.29, 1.82) is 0 Å². The summed E-state index contributed by atoms with van der Waals surface area (Å²) in [7, 11) is 0. The standard InChI is InChI=1S/C20H28N4O2/c1-15-7-10-23(11-8-15)16(2)13-21-19(25)9-12-24-14-22-18-6-4-3-5-17(18)20(24)26/h3-6,14-16H,7-13H2,1-2H3,(H,21,25)/t16-/m0/s1. The predicted octanol–water partition coefficient (Wildman–Crippen LogP) is 2.02. The van der Waals surface area contributed by atoms with Gasteiger partial charge >= 0.3 is 0 Å². The highest BCUT2D eigenvalue weighted by Gasteiger charge is 2.20. The molecule has 26 heavy (non-hydrogen) atoms. The second-order valence-electron chi connectivity index (χ2n) is 7.38. The fraction of sp³-hybridized carbons (Fsp3) is 0.550. The van der Waals surface area contributed by atoms with Crippen molar-refractivity contribution in [1.82, 2.24) is 19.8 Å². The Morgan fingerprint density at radius 3 is 2.81 bits per heavy atom. The molecular weight excluding hydrogens is 328 g/mol. The lowest BCUT2D eigenvalue weighted by molar-refractivity contribution is -0.121. The van der Waals surface area contributed by atoms with Gasteiger partial charge in [-0.3, -0.25) is 19.1 Å². The van der Waals surface area contributed by atoms with Crippen molar-refractivity contribution in [3.8, 4) is 0 Å². The van der Waals surface area contributed by atoms with Crippen LogP contribution < -0.4 is 10.9 Å². The topological polar surface area (TPSA) is 67.2 Å². The zero-order valence-electron chi connectivity index (χ0n) is 15.6. The lowest BCUT2D eigenvalue weighted by Gasteiger charge is -2.35. The Kier molecular flexibility index (Phi) is 6.04. The van der Waals surface area contributed by atoms with Crippen LogP contribution in [-0.4, -0.2) is 46.0 Å². The molecule has 1 aromatic carbocycles. The smallest absolute Gasteiger partial charge is 0.261 e. The van der Waals surface area contributed by atoms with Gasteiger partial charge in [0.25, 0.3) is 5.56 Å². The van der Waals surface area contributed by atoms with Gasteiger partial charge in [-0.1, -0.05) is 19.1 Å². The molecule has 1 fully saturated rings. The first-order valence-corrected chi connectivity index (χ1v) is 9.49. The van der Waals surface area contributed by atoms with Crippen LogP contribution in [0.15, 0.2) is 35.4 Å². The van der Waals surface area contributed by atoms with Gasteiger partial charge in [0, 0.05) is 25.6 Å². The summed E-state index contributed by atoms with van der Waals surface area (Å²) in [5.74, 6) is 0.782. The van der Waals surface area contributed by atoms with E-state index in [1.54, 1.807) is 6.07 Å². The predicted molar refractivity (Wildman–Crippen MR) is 103 cm³/mol. The number of amides is 1. The molecular formula is C20H28N4O2. The Morgan fingerprint density at radius 1 is 1.31 bits per heavy atom. The number of fused-ring (bicyclic) bond motifs is 1. The molecule has 1 N–H and O–H groups in total. The summed E-state index contributed by atoms with van der Waals surface area (Å²) in [5, 5.41) is 3.59. The van der Waals surface area contributed by atoms with E-state index in [4.69, 9.17) is 0 Å². The van der Waals surface area contributed by atoms with Gasteiger partial charge in [0.05, 0.1) is 17.2 Å². The maximum absolute atomic E-state index is 12.4. The summed E-state index contributed by atoms with van der Waals surface area (Å²) >= 11 is 0. The average Bonchev–Trinajstić information content (AvgIpc) is 2.66. The summed E-state index contributed by atoms with van der Waals surface area (Å²) in [6.07, 6.45) is 4.27. The number of nitrogens with one attached hydrogen (secondary N) is 1. The van der Waals surface area contributed by atoms with Gasteiger partial charge in [-0.25, -0.2) is 4.98 Å². The first kappa shape index (κ1) is 18.6. The van der Waals surface area contributed by atoms with Crippen molar-refractivity contribution in [3.63, 3.8) is 0 Å². The van der Waals surface area contributed by atoms with Crippen LogP contribution in [0.2, 0.25) is 0 Å². The first-order valence-electron chi connectivity index (χ1n) is 9.49. The van der Waals surface area contributed by atoms with Gasteiger partial charge in [0.2, 0.25) is 5.91 Å². The molecule has 1 atom stereocenters. The summed E-state index contributed by atoms with van der Waals surface area (Å²) in [4.78, 5) is 31.3. The Balaban J connectivity index is 1.48. The van der Waals surface area contributed by atoms with E-state index in [9.17, 15) is 9.59 Å². The molecule has 0 saturated carbocycles. The number of piperidine rings is 1. The van der Waals surface area contributed by atoms with E-state index < -0.39 is 0 Å². The number of aromatic nitrogens is 2. The van der Waals surface area contributed by atoms with Crippen LogP contribution in [0.3, 0.4) is 0 Å². The number of likely N-dealkylation sites (tertiary alicyclic amines) is 1. The van der Waals surface area contributed by atoms with Gasteiger partial charge in [0.1, 0.15) is 0 Å². The van der Waals surface area contributed by atoms with Crippen LogP contribution in [0, 0.1) is 5.92 Å².